The van der Waals surface area contributed by atoms with E-state index in [1.165, 1.54) is 7.11 Å². The zero-order valence-electron chi connectivity index (χ0n) is 7.43. The molecule has 0 bridgehead atoms. The lowest BCUT2D eigenvalue weighted by Crippen LogP contribution is -2.04. The van der Waals surface area contributed by atoms with Crippen LogP contribution in [0.1, 0.15) is 17.6 Å². The second-order valence-electron chi connectivity index (χ2n) is 2.55. The minimum Gasteiger partial charge on any atom is -0.481 e. The monoisotopic (exact) mass is 222 g/mol. The topological polar surface area (TPSA) is 48.1 Å². The second-order valence-corrected chi connectivity index (χ2v) is 2.82. The summed E-state index contributed by atoms with van der Waals surface area (Å²) in [5.41, 5.74) is 5.14. The molecule has 0 saturated heterocycles. The molecule has 0 saturated carbocycles. The first-order valence-electron chi connectivity index (χ1n) is 3.77. The molecule has 0 amide bonds. The Bertz CT molecular complexity index is 333. The molecular formula is C8H9ClF2N2O. The van der Waals surface area contributed by atoms with Crippen LogP contribution in [0, 0.1) is 0 Å². The van der Waals surface area contributed by atoms with E-state index in [2.05, 4.69) is 4.98 Å². The van der Waals surface area contributed by atoms with Crippen molar-refractivity contribution in [2.24, 2.45) is 0 Å². The summed E-state index contributed by atoms with van der Waals surface area (Å²) >= 11 is 5.52. The maximum absolute atomic E-state index is 12.6. The van der Waals surface area contributed by atoms with Gasteiger partial charge in [0.1, 0.15) is 0 Å². The number of anilines is 1. The van der Waals surface area contributed by atoms with Gasteiger partial charge < -0.3 is 10.5 Å². The number of rotatable bonds is 3. The highest BCUT2D eigenvalue weighted by molar-refractivity contribution is 6.17. The van der Waals surface area contributed by atoms with Crippen molar-refractivity contribution in [2.45, 2.75) is 12.3 Å². The van der Waals surface area contributed by atoms with Crippen molar-refractivity contribution in [1.29, 1.82) is 0 Å². The van der Waals surface area contributed by atoms with Gasteiger partial charge in [0.25, 0.3) is 6.43 Å². The zero-order chi connectivity index (χ0) is 10.7. The Morgan fingerprint density at radius 1 is 1.64 bits per heavy atom. The maximum Gasteiger partial charge on any atom is 0.266 e. The summed E-state index contributed by atoms with van der Waals surface area (Å²) in [6.07, 6.45) is -1.54. The molecule has 0 radical (unpaired) electrons. The molecule has 0 spiro atoms. The SMILES string of the molecule is COc1ncc(N)c(C(F)F)c1CCl. The summed E-state index contributed by atoms with van der Waals surface area (Å²) in [7, 11) is 1.34. The van der Waals surface area contributed by atoms with Crippen molar-refractivity contribution < 1.29 is 13.5 Å². The van der Waals surface area contributed by atoms with Crippen molar-refractivity contribution in [2.75, 3.05) is 12.8 Å². The number of pyridine rings is 1. The molecule has 0 aliphatic rings. The molecule has 78 valence electrons. The highest BCUT2D eigenvalue weighted by Crippen LogP contribution is 2.33. The predicted molar refractivity (Wildman–Crippen MR) is 49.7 cm³/mol. The summed E-state index contributed by atoms with van der Waals surface area (Å²) in [4.78, 5) is 3.75. The van der Waals surface area contributed by atoms with Gasteiger partial charge in [0.2, 0.25) is 5.88 Å². The number of hydrogen-bond acceptors (Lipinski definition) is 3. The van der Waals surface area contributed by atoms with Gasteiger partial charge in [0.15, 0.2) is 0 Å². The lowest BCUT2D eigenvalue weighted by molar-refractivity contribution is 0.150. The number of hydrogen-bond donors (Lipinski definition) is 1. The molecule has 1 aromatic rings. The molecule has 14 heavy (non-hydrogen) atoms. The van der Waals surface area contributed by atoms with Crippen molar-refractivity contribution in [3.8, 4) is 5.88 Å². The number of halogens is 3. The van der Waals surface area contributed by atoms with Gasteiger partial charge in [-0.15, -0.1) is 11.6 Å². The van der Waals surface area contributed by atoms with Crippen LogP contribution in [0.4, 0.5) is 14.5 Å². The number of nitrogens with zero attached hydrogens (tertiary/aromatic N) is 1. The van der Waals surface area contributed by atoms with Gasteiger partial charge in [-0.2, -0.15) is 0 Å². The van der Waals surface area contributed by atoms with E-state index in [1.54, 1.807) is 0 Å². The molecule has 2 N–H and O–H groups in total. The number of alkyl halides is 3. The molecule has 6 heteroatoms. The molecule has 1 heterocycles. The van der Waals surface area contributed by atoms with Gasteiger partial charge >= 0.3 is 0 Å². The van der Waals surface area contributed by atoms with E-state index in [0.717, 1.165) is 6.20 Å². The first-order chi connectivity index (χ1) is 6.61. The number of ether oxygens (including phenoxy) is 1. The van der Waals surface area contributed by atoms with Crippen molar-refractivity contribution in [1.82, 2.24) is 4.98 Å². The molecule has 3 nitrogen and oxygen atoms in total. The highest BCUT2D eigenvalue weighted by atomic mass is 35.5. The Morgan fingerprint density at radius 3 is 2.71 bits per heavy atom. The third-order valence-electron chi connectivity index (χ3n) is 1.76. The molecular weight excluding hydrogens is 214 g/mol. The average Bonchev–Trinajstić information content (AvgIpc) is 2.16. The zero-order valence-corrected chi connectivity index (χ0v) is 8.18. The summed E-state index contributed by atoms with van der Waals surface area (Å²) in [6.45, 7) is 0. The molecule has 1 aromatic heterocycles. The Labute approximate surface area is 84.8 Å². The molecule has 1 rings (SSSR count). The fraction of sp³-hybridized carbons (Fsp3) is 0.375. The minimum absolute atomic E-state index is 0.0727. The fourth-order valence-electron chi connectivity index (χ4n) is 1.13. The van der Waals surface area contributed by atoms with E-state index < -0.39 is 6.43 Å². The van der Waals surface area contributed by atoms with Crippen LogP contribution < -0.4 is 10.5 Å². The van der Waals surface area contributed by atoms with Gasteiger partial charge in [-0.1, -0.05) is 0 Å². The van der Waals surface area contributed by atoms with Crippen LogP contribution >= 0.6 is 11.6 Å². The van der Waals surface area contributed by atoms with E-state index in [-0.39, 0.29) is 28.6 Å². The van der Waals surface area contributed by atoms with Crippen LogP contribution in [-0.2, 0) is 5.88 Å². The first kappa shape index (κ1) is 11.0. The number of aromatic nitrogens is 1. The van der Waals surface area contributed by atoms with Crippen LogP contribution in [0.25, 0.3) is 0 Å². The summed E-state index contributed by atoms with van der Waals surface area (Å²) in [6, 6.07) is 0. The van der Waals surface area contributed by atoms with E-state index in [4.69, 9.17) is 22.1 Å². The molecule has 0 fully saturated rings. The van der Waals surface area contributed by atoms with Crippen LogP contribution in [0.15, 0.2) is 6.20 Å². The lowest BCUT2D eigenvalue weighted by Gasteiger charge is -2.12. The van der Waals surface area contributed by atoms with Gasteiger partial charge in [-0.25, -0.2) is 13.8 Å². The largest absolute Gasteiger partial charge is 0.481 e. The van der Waals surface area contributed by atoms with Crippen molar-refractivity contribution in [3.05, 3.63) is 17.3 Å². The smallest absolute Gasteiger partial charge is 0.266 e. The third kappa shape index (κ3) is 1.87. The summed E-state index contributed by atoms with van der Waals surface area (Å²) in [5, 5.41) is 0. The maximum atomic E-state index is 12.6. The fourth-order valence-corrected chi connectivity index (χ4v) is 1.39. The Kier molecular flexibility index (Phi) is 3.46. The first-order valence-corrected chi connectivity index (χ1v) is 4.30. The minimum atomic E-state index is -2.68. The second kappa shape index (κ2) is 4.41. The standard InChI is InChI=1S/C8H9ClF2N2O/c1-14-8-4(2-9)6(7(10)11)5(12)3-13-8/h3,7H,2,12H2,1H3. The van der Waals surface area contributed by atoms with E-state index in [9.17, 15) is 8.78 Å². The third-order valence-corrected chi connectivity index (χ3v) is 2.03. The Morgan fingerprint density at radius 2 is 2.29 bits per heavy atom. The molecule has 0 unspecified atom stereocenters. The predicted octanol–water partition coefficient (Wildman–Crippen LogP) is 2.35. The van der Waals surface area contributed by atoms with Crippen LogP contribution in [0.2, 0.25) is 0 Å². The van der Waals surface area contributed by atoms with Crippen molar-refractivity contribution >= 4 is 17.3 Å². The van der Waals surface area contributed by atoms with Gasteiger partial charge in [-0.3, -0.25) is 0 Å². The highest BCUT2D eigenvalue weighted by Gasteiger charge is 2.20. The number of nitrogens with two attached hydrogens (primary N) is 1. The normalized spacial score (nSPS) is 10.6. The molecule has 0 aliphatic carbocycles. The molecule has 0 aliphatic heterocycles. The van der Waals surface area contributed by atoms with Crippen molar-refractivity contribution in [3.63, 3.8) is 0 Å². The van der Waals surface area contributed by atoms with Gasteiger partial charge in [0.05, 0.1) is 30.4 Å². The molecule has 0 atom stereocenters. The Balaban J connectivity index is 3.35. The molecule has 0 aromatic carbocycles. The van der Waals surface area contributed by atoms with E-state index in [1.807, 2.05) is 0 Å². The van der Waals surface area contributed by atoms with Gasteiger partial charge in [0, 0.05) is 5.56 Å². The van der Waals surface area contributed by atoms with E-state index in [0.29, 0.717) is 0 Å². The summed E-state index contributed by atoms with van der Waals surface area (Å²) < 4.78 is 29.9. The number of methoxy groups -OCH3 is 1. The Hall–Kier alpha value is -1.10. The summed E-state index contributed by atoms with van der Waals surface area (Å²) in [5.74, 6) is -0.0227. The van der Waals surface area contributed by atoms with Gasteiger partial charge in [-0.05, 0) is 0 Å². The average molecular weight is 223 g/mol. The lowest BCUT2D eigenvalue weighted by atomic mass is 10.1. The van der Waals surface area contributed by atoms with Crippen LogP contribution in [0.3, 0.4) is 0 Å². The number of nitrogen functional groups attached to an aromatic ring is 1. The van der Waals surface area contributed by atoms with E-state index >= 15 is 0 Å². The van der Waals surface area contributed by atoms with Crippen LogP contribution in [-0.4, -0.2) is 12.1 Å². The van der Waals surface area contributed by atoms with Crippen LogP contribution in [0.5, 0.6) is 5.88 Å². The quantitative estimate of drug-likeness (QED) is 0.799.